The Morgan fingerprint density at radius 1 is 1.58 bits per heavy atom. The first-order valence-electron chi connectivity index (χ1n) is 4.60. The molecule has 0 aliphatic heterocycles. The second-order valence-electron chi connectivity index (χ2n) is 3.67. The van der Waals surface area contributed by atoms with Gasteiger partial charge in [-0.15, -0.1) is 0 Å². The van der Waals surface area contributed by atoms with E-state index in [1.807, 2.05) is 6.92 Å². The van der Waals surface area contributed by atoms with E-state index in [0.29, 0.717) is 0 Å². The lowest BCUT2D eigenvalue weighted by Crippen LogP contribution is -2.38. The summed E-state index contributed by atoms with van der Waals surface area (Å²) in [6.07, 6.45) is 3.85. The van der Waals surface area contributed by atoms with Gasteiger partial charge in [0.25, 0.3) is 0 Å². The standard InChI is InChI=1S/C7H15NO.C2H6O/c1-7(9)4-2-3-6(8)5-7;1-2-3/h6,9H,2-5,8H2,1H3;3H,2H2,1H3/t6-,7?;/m1./s1. The summed E-state index contributed by atoms with van der Waals surface area (Å²) in [7, 11) is 0. The average Bonchev–Trinajstić information content (AvgIpc) is 1.85. The predicted octanol–water partition coefficient (Wildman–Crippen LogP) is 0.637. The summed E-state index contributed by atoms with van der Waals surface area (Å²) in [6.45, 7) is 3.80. The van der Waals surface area contributed by atoms with Crippen LogP contribution >= 0.6 is 0 Å². The number of rotatable bonds is 0. The van der Waals surface area contributed by atoms with Crippen LogP contribution in [-0.2, 0) is 0 Å². The van der Waals surface area contributed by atoms with Crippen molar-refractivity contribution in [1.29, 1.82) is 0 Å². The summed E-state index contributed by atoms with van der Waals surface area (Å²) in [5.41, 5.74) is 5.18. The van der Waals surface area contributed by atoms with E-state index in [-0.39, 0.29) is 12.6 Å². The first kappa shape index (κ1) is 11.9. The smallest absolute Gasteiger partial charge is 0.0634 e. The molecular formula is C9H21NO2. The zero-order valence-electron chi connectivity index (χ0n) is 8.08. The summed E-state index contributed by atoms with van der Waals surface area (Å²) >= 11 is 0. The monoisotopic (exact) mass is 175 g/mol. The van der Waals surface area contributed by atoms with Gasteiger partial charge in [-0.05, 0) is 39.5 Å². The lowest BCUT2D eigenvalue weighted by Gasteiger charge is -2.31. The Hall–Kier alpha value is -0.120. The van der Waals surface area contributed by atoms with Gasteiger partial charge in [-0.1, -0.05) is 0 Å². The summed E-state index contributed by atoms with van der Waals surface area (Å²) in [4.78, 5) is 0. The molecule has 0 aromatic rings. The highest BCUT2D eigenvalue weighted by atomic mass is 16.3. The molecule has 12 heavy (non-hydrogen) atoms. The fourth-order valence-corrected chi connectivity index (χ4v) is 1.51. The molecule has 3 nitrogen and oxygen atoms in total. The van der Waals surface area contributed by atoms with Crippen LogP contribution in [0.2, 0.25) is 0 Å². The van der Waals surface area contributed by atoms with Gasteiger partial charge in [0.2, 0.25) is 0 Å². The molecule has 0 radical (unpaired) electrons. The third-order valence-corrected chi connectivity index (χ3v) is 1.99. The number of hydrogen-bond donors (Lipinski definition) is 3. The molecule has 0 aromatic heterocycles. The maximum atomic E-state index is 9.46. The van der Waals surface area contributed by atoms with Crippen molar-refractivity contribution in [2.75, 3.05) is 6.61 Å². The zero-order chi connectivity index (χ0) is 9.61. The van der Waals surface area contributed by atoms with Crippen molar-refractivity contribution in [3.05, 3.63) is 0 Å². The lowest BCUT2D eigenvalue weighted by atomic mass is 9.84. The molecule has 0 spiro atoms. The summed E-state index contributed by atoms with van der Waals surface area (Å²) < 4.78 is 0. The van der Waals surface area contributed by atoms with Crippen LogP contribution < -0.4 is 5.73 Å². The first-order chi connectivity index (χ1) is 5.52. The minimum atomic E-state index is -0.475. The van der Waals surface area contributed by atoms with E-state index in [4.69, 9.17) is 10.8 Å². The predicted molar refractivity (Wildman–Crippen MR) is 49.8 cm³/mol. The fraction of sp³-hybridized carbons (Fsp3) is 1.00. The largest absolute Gasteiger partial charge is 0.397 e. The molecule has 0 amide bonds. The van der Waals surface area contributed by atoms with Crippen molar-refractivity contribution in [3.63, 3.8) is 0 Å². The van der Waals surface area contributed by atoms with E-state index in [1.54, 1.807) is 6.92 Å². The number of aliphatic hydroxyl groups is 2. The Kier molecular flexibility index (Phi) is 5.46. The zero-order valence-corrected chi connectivity index (χ0v) is 8.08. The van der Waals surface area contributed by atoms with Gasteiger partial charge in [-0.25, -0.2) is 0 Å². The molecule has 0 saturated heterocycles. The third-order valence-electron chi connectivity index (χ3n) is 1.99. The van der Waals surface area contributed by atoms with E-state index in [1.165, 1.54) is 0 Å². The van der Waals surface area contributed by atoms with Crippen LogP contribution in [-0.4, -0.2) is 28.5 Å². The molecule has 0 bridgehead atoms. The van der Waals surface area contributed by atoms with Crippen LogP contribution in [0.4, 0.5) is 0 Å². The quantitative estimate of drug-likeness (QED) is 0.506. The van der Waals surface area contributed by atoms with Gasteiger partial charge in [0.05, 0.1) is 5.60 Å². The minimum Gasteiger partial charge on any atom is -0.397 e. The SMILES string of the molecule is CC1(O)CCC[C@@H](N)C1.CCO. The van der Waals surface area contributed by atoms with E-state index < -0.39 is 5.60 Å². The van der Waals surface area contributed by atoms with Gasteiger partial charge in [-0.3, -0.25) is 0 Å². The van der Waals surface area contributed by atoms with Crippen molar-refractivity contribution >= 4 is 0 Å². The molecule has 1 saturated carbocycles. The molecule has 4 N–H and O–H groups in total. The number of nitrogens with two attached hydrogens (primary N) is 1. The molecule has 74 valence electrons. The minimum absolute atomic E-state index is 0.230. The number of hydrogen-bond acceptors (Lipinski definition) is 3. The van der Waals surface area contributed by atoms with E-state index in [0.717, 1.165) is 25.7 Å². The lowest BCUT2D eigenvalue weighted by molar-refractivity contribution is 0.0156. The van der Waals surface area contributed by atoms with E-state index in [2.05, 4.69) is 0 Å². The molecule has 0 aromatic carbocycles. The van der Waals surface area contributed by atoms with Gasteiger partial charge in [-0.2, -0.15) is 0 Å². The molecule has 1 aliphatic rings. The second-order valence-corrected chi connectivity index (χ2v) is 3.67. The van der Waals surface area contributed by atoms with Gasteiger partial charge >= 0.3 is 0 Å². The highest BCUT2D eigenvalue weighted by Crippen LogP contribution is 2.26. The van der Waals surface area contributed by atoms with Gasteiger partial charge in [0, 0.05) is 12.6 Å². The van der Waals surface area contributed by atoms with Crippen molar-refractivity contribution in [3.8, 4) is 0 Å². The Bertz CT molecular complexity index is 115. The molecule has 2 atom stereocenters. The molecule has 1 rings (SSSR count). The molecule has 1 fully saturated rings. The molecular weight excluding hydrogens is 154 g/mol. The molecule has 1 unspecified atom stereocenters. The molecule has 3 heteroatoms. The van der Waals surface area contributed by atoms with E-state index >= 15 is 0 Å². The number of aliphatic hydroxyl groups excluding tert-OH is 1. The Labute approximate surface area is 74.6 Å². The van der Waals surface area contributed by atoms with Crippen LogP contribution in [0.5, 0.6) is 0 Å². The van der Waals surface area contributed by atoms with Crippen molar-refractivity contribution in [2.45, 2.75) is 51.2 Å². The van der Waals surface area contributed by atoms with Gasteiger partial charge in [0.1, 0.15) is 0 Å². The maximum Gasteiger partial charge on any atom is 0.0634 e. The summed E-state index contributed by atoms with van der Waals surface area (Å²) in [5, 5.41) is 17.0. The van der Waals surface area contributed by atoms with Crippen molar-refractivity contribution < 1.29 is 10.2 Å². The van der Waals surface area contributed by atoms with Crippen LogP contribution in [0, 0.1) is 0 Å². The summed E-state index contributed by atoms with van der Waals surface area (Å²) in [6, 6.07) is 0.230. The average molecular weight is 175 g/mol. The second kappa shape index (κ2) is 5.51. The van der Waals surface area contributed by atoms with Crippen LogP contribution in [0.1, 0.15) is 39.5 Å². The van der Waals surface area contributed by atoms with Crippen LogP contribution in [0.15, 0.2) is 0 Å². The highest BCUT2D eigenvalue weighted by Gasteiger charge is 2.27. The van der Waals surface area contributed by atoms with Crippen molar-refractivity contribution in [1.82, 2.24) is 0 Å². The van der Waals surface area contributed by atoms with Gasteiger partial charge in [0.15, 0.2) is 0 Å². The van der Waals surface area contributed by atoms with Crippen molar-refractivity contribution in [2.24, 2.45) is 5.73 Å². The third kappa shape index (κ3) is 5.52. The Morgan fingerprint density at radius 3 is 2.33 bits per heavy atom. The Morgan fingerprint density at radius 2 is 2.08 bits per heavy atom. The first-order valence-corrected chi connectivity index (χ1v) is 4.60. The van der Waals surface area contributed by atoms with Gasteiger partial charge < -0.3 is 15.9 Å². The highest BCUT2D eigenvalue weighted by molar-refractivity contribution is 4.83. The molecule has 0 heterocycles. The molecule has 1 aliphatic carbocycles. The topological polar surface area (TPSA) is 66.5 Å². The normalized spacial score (nSPS) is 35.2. The maximum absolute atomic E-state index is 9.46. The Balaban J connectivity index is 0.000000354. The van der Waals surface area contributed by atoms with Crippen LogP contribution in [0.3, 0.4) is 0 Å². The van der Waals surface area contributed by atoms with E-state index in [9.17, 15) is 5.11 Å². The van der Waals surface area contributed by atoms with Crippen LogP contribution in [0.25, 0.3) is 0 Å². The summed E-state index contributed by atoms with van der Waals surface area (Å²) in [5.74, 6) is 0. The fourth-order valence-electron chi connectivity index (χ4n) is 1.51.